The van der Waals surface area contributed by atoms with Gasteiger partial charge in [0.25, 0.3) is 5.91 Å². The lowest BCUT2D eigenvalue weighted by Gasteiger charge is -2.20. The van der Waals surface area contributed by atoms with Gasteiger partial charge < -0.3 is 4.90 Å². The van der Waals surface area contributed by atoms with Gasteiger partial charge in [-0.1, -0.05) is 48.5 Å². The van der Waals surface area contributed by atoms with Crippen molar-refractivity contribution in [3.8, 4) is 5.69 Å². The number of amides is 1. The number of benzene rings is 2. The number of hydrogen-bond donors (Lipinski definition) is 0. The monoisotopic (exact) mass is 335 g/mol. The fourth-order valence-electron chi connectivity index (χ4n) is 2.55. The van der Waals surface area contributed by atoms with Gasteiger partial charge in [0.15, 0.2) is 5.69 Å². The molecule has 25 heavy (non-hydrogen) atoms. The Morgan fingerprint density at radius 2 is 1.84 bits per heavy atom. The van der Waals surface area contributed by atoms with Crippen LogP contribution in [0.4, 0.5) is 4.39 Å². The van der Waals surface area contributed by atoms with Crippen molar-refractivity contribution in [1.82, 2.24) is 14.7 Å². The van der Waals surface area contributed by atoms with Crippen LogP contribution in [-0.2, 0) is 6.54 Å². The summed E-state index contributed by atoms with van der Waals surface area (Å²) in [5.41, 5.74) is 1.59. The van der Waals surface area contributed by atoms with Gasteiger partial charge in [-0.2, -0.15) is 5.10 Å². The maximum absolute atomic E-state index is 13.9. The number of carbonyl (C=O) groups is 1. The summed E-state index contributed by atoms with van der Waals surface area (Å²) in [7, 11) is 0. The summed E-state index contributed by atoms with van der Waals surface area (Å²) in [6, 6.07) is 17.6. The highest BCUT2D eigenvalue weighted by Crippen LogP contribution is 2.14. The van der Waals surface area contributed by atoms with E-state index in [0.717, 1.165) is 5.56 Å². The summed E-state index contributed by atoms with van der Waals surface area (Å²) in [5.74, 6) is -0.615. The van der Waals surface area contributed by atoms with Crippen molar-refractivity contribution in [1.29, 1.82) is 0 Å². The topological polar surface area (TPSA) is 38.1 Å². The van der Waals surface area contributed by atoms with Gasteiger partial charge >= 0.3 is 0 Å². The SMILES string of the molecule is C=CCN(Cc1ccccc1)C(=O)c1ccn(-c2ccccc2F)n1. The third-order valence-corrected chi connectivity index (χ3v) is 3.76. The molecule has 0 aliphatic heterocycles. The average molecular weight is 335 g/mol. The molecule has 1 heterocycles. The van der Waals surface area contributed by atoms with Crippen LogP contribution in [0.15, 0.2) is 79.5 Å². The van der Waals surface area contributed by atoms with Gasteiger partial charge in [-0.3, -0.25) is 4.79 Å². The van der Waals surface area contributed by atoms with Crippen LogP contribution in [0.2, 0.25) is 0 Å². The fraction of sp³-hybridized carbons (Fsp3) is 0.100. The van der Waals surface area contributed by atoms with Gasteiger partial charge in [0, 0.05) is 19.3 Å². The second-order valence-electron chi connectivity index (χ2n) is 5.56. The first-order chi connectivity index (χ1) is 12.2. The number of hydrogen-bond acceptors (Lipinski definition) is 2. The molecule has 0 unspecified atom stereocenters. The summed E-state index contributed by atoms with van der Waals surface area (Å²) >= 11 is 0. The second kappa shape index (κ2) is 7.57. The van der Waals surface area contributed by atoms with Gasteiger partial charge in [0.2, 0.25) is 0 Å². The van der Waals surface area contributed by atoms with E-state index in [1.807, 2.05) is 30.3 Å². The van der Waals surface area contributed by atoms with Crippen molar-refractivity contribution >= 4 is 5.91 Å². The van der Waals surface area contributed by atoms with Crippen LogP contribution in [0, 0.1) is 5.82 Å². The van der Waals surface area contributed by atoms with E-state index in [0.29, 0.717) is 18.8 Å². The summed E-state index contributed by atoms with van der Waals surface area (Å²) < 4.78 is 15.3. The van der Waals surface area contributed by atoms with Crippen LogP contribution < -0.4 is 0 Å². The van der Waals surface area contributed by atoms with Crippen LogP contribution in [0.25, 0.3) is 5.69 Å². The molecule has 0 aliphatic carbocycles. The molecular weight excluding hydrogens is 317 g/mol. The molecule has 0 spiro atoms. The van der Waals surface area contributed by atoms with Gasteiger partial charge in [0.1, 0.15) is 11.5 Å². The van der Waals surface area contributed by atoms with E-state index in [1.54, 1.807) is 41.4 Å². The molecule has 126 valence electrons. The van der Waals surface area contributed by atoms with E-state index in [4.69, 9.17) is 0 Å². The molecule has 1 aromatic heterocycles. The van der Waals surface area contributed by atoms with Crippen molar-refractivity contribution in [3.05, 3.63) is 96.6 Å². The summed E-state index contributed by atoms with van der Waals surface area (Å²) in [6.07, 6.45) is 3.26. The maximum atomic E-state index is 13.9. The second-order valence-corrected chi connectivity index (χ2v) is 5.56. The molecule has 0 saturated heterocycles. The highest BCUT2D eigenvalue weighted by Gasteiger charge is 2.18. The smallest absolute Gasteiger partial charge is 0.274 e. The number of halogens is 1. The predicted molar refractivity (Wildman–Crippen MR) is 94.9 cm³/mol. The van der Waals surface area contributed by atoms with E-state index >= 15 is 0 Å². The highest BCUT2D eigenvalue weighted by molar-refractivity contribution is 5.92. The Morgan fingerprint density at radius 1 is 1.12 bits per heavy atom. The Hall–Kier alpha value is -3.21. The summed E-state index contributed by atoms with van der Waals surface area (Å²) in [6.45, 7) is 4.57. The zero-order valence-electron chi connectivity index (χ0n) is 13.7. The molecule has 4 nitrogen and oxygen atoms in total. The molecule has 5 heteroatoms. The Kier molecular flexibility index (Phi) is 5.04. The summed E-state index contributed by atoms with van der Waals surface area (Å²) in [4.78, 5) is 14.4. The highest BCUT2D eigenvalue weighted by atomic mass is 19.1. The minimum Gasteiger partial charge on any atom is -0.329 e. The van der Waals surface area contributed by atoms with Crippen molar-refractivity contribution < 1.29 is 9.18 Å². The van der Waals surface area contributed by atoms with Gasteiger partial charge in [-0.05, 0) is 23.8 Å². The van der Waals surface area contributed by atoms with Crippen molar-refractivity contribution in [2.24, 2.45) is 0 Å². The molecule has 0 fully saturated rings. The van der Waals surface area contributed by atoms with E-state index < -0.39 is 5.82 Å². The van der Waals surface area contributed by atoms with Gasteiger partial charge in [-0.25, -0.2) is 9.07 Å². The van der Waals surface area contributed by atoms with E-state index in [1.165, 1.54) is 10.7 Å². The zero-order valence-corrected chi connectivity index (χ0v) is 13.7. The molecule has 0 atom stereocenters. The number of carbonyl (C=O) groups excluding carboxylic acids is 1. The number of aromatic nitrogens is 2. The Bertz CT molecular complexity index is 873. The van der Waals surface area contributed by atoms with E-state index in [-0.39, 0.29) is 11.6 Å². The largest absolute Gasteiger partial charge is 0.329 e. The van der Waals surface area contributed by atoms with Crippen molar-refractivity contribution in [2.75, 3.05) is 6.54 Å². The van der Waals surface area contributed by atoms with Crippen LogP contribution in [0.3, 0.4) is 0 Å². The lowest BCUT2D eigenvalue weighted by Crippen LogP contribution is -2.31. The van der Waals surface area contributed by atoms with Crippen molar-refractivity contribution in [2.45, 2.75) is 6.54 Å². The summed E-state index contributed by atoms with van der Waals surface area (Å²) in [5, 5.41) is 4.24. The fourth-order valence-corrected chi connectivity index (χ4v) is 2.55. The Labute approximate surface area is 145 Å². The predicted octanol–water partition coefficient (Wildman–Crippen LogP) is 3.84. The molecular formula is C20H18FN3O. The van der Waals surface area contributed by atoms with Crippen molar-refractivity contribution in [3.63, 3.8) is 0 Å². The lowest BCUT2D eigenvalue weighted by molar-refractivity contribution is 0.0756. The molecule has 0 aliphatic rings. The normalized spacial score (nSPS) is 10.4. The van der Waals surface area contributed by atoms with E-state index in [9.17, 15) is 9.18 Å². The molecule has 0 N–H and O–H groups in total. The number of rotatable bonds is 6. The van der Waals surface area contributed by atoms with Crippen LogP contribution >= 0.6 is 0 Å². The Balaban J connectivity index is 1.83. The number of para-hydroxylation sites is 1. The Morgan fingerprint density at radius 3 is 2.56 bits per heavy atom. The molecule has 2 aromatic carbocycles. The molecule has 3 rings (SSSR count). The van der Waals surface area contributed by atoms with Crippen LogP contribution in [0.1, 0.15) is 16.1 Å². The van der Waals surface area contributed by atoms with Gasteiger partial charge in [-0.15, -0.1) is 6.58 Å². The molecule has 1 amide bonds. The first kappa shape index (κ1) is 16.6. The molecule has 0 bridgehead atoms. The van der Waals surface area contributed by atoms with E-state index in [2.05, 4.69) is 11.7 Å². The lowest BCUT2D eigenvalue weighted by atomic mass is 10.2. The van der Waals surface area contributed by atoms with Gasteiger partial charge in [0.05, 0.1) is 0 Å². The quantitative estimate of drug-likeness (QED) is 0.642. The third-order valence-electron chi connectivity index (χ3n) is 3.76. The minimum atomic E-state index is -0.392. The third kappa shape index (κ3) is 3.83. The molecule has 3 aromatic rings. The standard InChI is InChI=1S/C20H18FN3O/c1-2-13-23(15-16-8-4-3-5-9-16)20(25)18-12-14-24(22-18)19-11-7-6-10-17(19)21/h2-12,14H,1,13,15H2. The zero-order chi connectivity index (χ0) is 17.6. The van der Waals surface area contributed by atoms with Crippen LogP contribution in [0.5, 0.6) is 0 Å². The van der Waals surface area contributed by atoms with Crippen LogP contribution in [-0.4, -0.2) is 27.1 Å². The first-order valence-corrected chi connectivity index (χ1v) is 7.93. The average Bonchev–Trinajstić information content (AvgIpc) is 3.12. The molecule has 0 saturated carbocycles. The maximum Gasteiger partial charge on any atom is 0.274 e. The minimum absolute atomic E-state index is 0.223. The first-order valence-electron chi connectivity index (χ1n) is 7.93. The molecule has 0 radical (unpaired) electrons. The number of nitrogens with zero attached hydrogens (tertiary/aromatic N) is 3.